The molecule has 0 saturated heterocycles. The van der Waals surface area contributed by atoms with Gasteiger partial charge in [0.1, 0.15) is 24.0 Å². The van der Waals surface area contributed by atoms with E-state index in [0.717, 1.165) is 16.6 Å². The number of aromatic nitrogens is 1. The van der Waals surface area contributed by atoms with E-state index in [9.17, 15) is 8.78 Å². The van der Waals surface area contributed by atoms with Gasteiger partial charge in [0.05, 0.1) is 5.69 Å². The molecule has 0 radical (unpaired) electrons. The van der Waals surface area contributed by atoms with Gasteiger partial charge in [0, 0.05) is 16.9 Å². The van der Waals surface area contributed by atoms with Crippen LogP contribution in [-0.4, -0.2) is 4.57 Å². The van der Waals surface area contributed by atoms with Gasteiger partial charge in [-0.1, -0.05) is 0 Å². The molecular weight excluding hydrogens is 284 g/mol. The lowest BCUT2D eigenvalue weighted by Gasteiger charge is -2.15. The maximum absolute atomic E-state index is 13.4. The Balaban J connectivity index is 1.92. The lowest BCUT2D eigenvalue weighted by molar-refractivity contribution is 0.292. The van der Waals surface area contributed by atoms with E-state index < -0.39 is 0 Å². The number of benzene rings is 2. The summed E-state index contributed by atoms with van der Waals surface area (Å²) in [4.78, 5) is 0. The van der Waals surface area contributed by atoms with Crippen molar-refractivity contribution < 1.29 is 13.5 Å². The van der Waals surface area contributed by atoms with Crippen molar-refractivity contribution in [2.24, 2.45) is 0 Å². The van der Waals surface area contributed by atoms with E-state index in [-0.39, 0.29) is 17.7 Å². The van der Waals surface area contributed by atoms with Crippen molar-refractivity contribution in [2.75, 3.05) is 0 Å². The second-order valence-corrected chi connectivity index (χ2v) is 5.55. The molecule has 0 aliphatic rings. The van der Waals surface area contributed by atoms with Crippen LogP contribution in [0.2, 0.25) is 0 Å². The highest BCUT2D eigenvalue weighted by atomic mass is 19.1. The third-order valence-electron chi connectivity index (χ3n) is 3.60. The molecule has 0 aliphatic heterocycles. The molecule has 0 N–H and O–H groups in total. The second-order valence-electron chi connectivity index (χ2n) is 5.55. The molecule has 3 rings (SSSR count). The highest BCUT2D eigenvalue weighted by Crippen LogP contribution is 2.26. The molecule has 114 valence electrons. The molecule has 0 atom stereocenters. The van der Waals surface area contributed by atoms with Gasteiger partial charge >= 0.3 is 0 Å². The van der Waals surface area contributed by atoms with Crippen LogP contribution in [0.1, 0.15) is 25.6 Å². The lowest BCUT2D eigenvalue weighted by Crippen LogP contribution is -2.08. The van der Waals surface area contributed by atoms with Crippen LogP contribution in [0, 0.1) is 11.6 Å². The van der Waals surface area contributed by atoms with Gasteiger partial charge in [0.15, 0.2) is 0 Å². The molecule has 0 aliphatic carbocycles. The van der Waals surface area contributed by atoms with Gasteiger partial charge in [0.25, 0.3) is 0 Å². The summed E-state index contributed by atoms with van der Waals surface area (Å²) >= 11 is 0. The fourth-order valence-electron chi connectivity index (χ4n) is 2.67. The van der Waals surface area contributed by atoms with Crippen molar-refractivity contribution in [2.45, 2.75) is 26.5 Å². The number of ether oxygens (including phenoxy) is 1. The van der Waals surface area contributed by atoms with E-state index in [1.54, 1.807) is 18.2 Å². The van der Waals surface area contributed by atoms with Crippen molar-refractivity contribution in [3.8, 4) is 5.75 Å². The van der Waals surface area contributed by atoms with E-state index in [2.05, 4.69) is 18.4 Å². The number of hydrogen-bond acceptors (Lipinski definition) is 1. The average molecular weight is 301 g/mol. The maximum atomic E-state index is 13.4. The standard InChI is InChI=1S/C18H17F2NO/c1-12(2)21-16(10-13-9-15(20)5-8-18(13)21)11-22-17-6-3-14(19)4-7-17/h3-10,12H,11H2,1-2H3. The van der Waals surface area contributed by atoms with E-state index >= 15 is 0 Å². The first-order valence-electron chi connectivity index (χ1n) is 7.22. The fraction of sp³-hybridized carbons (Fsp3) is 0.222. The Morgan fingerprint density at radius 1 is 0.955 bits per heavy atom. The number of hydrogen-bond donors (Lipinski definition) is 0. The first-order valence-corrected chi connectivity index (χ1v) is 7.22. The Morgan fingerprint density at radius 2 is 1.64 bits per heavy atom. The highest BCUT2D eigenvalue weighted by Gasteiger charge is 2.12. The summed E-state index contributed by atoms with van der Waals surface area (Å²) < 4.78 is 34.1. The molecule has 0 bridgehead atoms. The number of rotatable bonds is 4. The first kappa shape index (κ1) is 14.6. The fourth-order valence-corrected chi connectivity index (χ4v) is 2.67. The van der Waals surface area contributed by atoms with Crippen molar-refractivity contribution >= 4 is 10.9 Å². The van der Waals surface area contributed by atoms with Crippen LogP contribution in [0.25, 0.3) is 10.9 Å². The van der Waals surface area contributed by atoms with Gasteiger partial charge in [-0.15, -0.1) is 0 Å². The van der Waals surface area contributed by atoms with Crippen LogP contribution < -0.4 is 4.74 Å². The molecule has 1 heterocycles. The lowest BCUT2D eigenvalue weighted by atomic mass is 10.2. The van der Waals surface area contributed by atoms with Crippen molar-refractivity contribution in [1.29, 1.82) is 0 Å². The highest BCUT2D eigenvalue weighted by molar-refractivity contribution is 5.81. The number of nitrogens with zero attached hydrogens (tertiary/aromatic N) is 1. The predicted molar refractivity (Wildman–Crippen MR) is 83.0 cm³/mol. The molecule has 0 unspecified atom stereocenters. The van der Waals surface area contributed by atoms with Crippen LogP contribution in [-0.2, 0) is 6.61 Å². The van der Waals surface area contributed by atoms with Crippen LogP contribution in [0.15, 0.2) is 48.5 Å². The SMILES string of the molecule is CC(C)n1c(COc2ccc(F)cc2)cc2cc(F)ccc21. The summed E-state index contributed by atoms with van der Waals surface area (Å²) in [5.41, 5.74) is 1.94. The van der Waals surface area contributed by atoms with Gasteiger partial charge in [-0.2, -0.15) is 0 Å². The zero-order chi connectivity index (χ0) is 15.7. The molecule has 2 nitrogen and oxygen atoms in total. The summed E-state index contributed by atoms with van der Waals surface area (Å²) in [6, 6.07) is 12.9. The van der Waals surface area contributed by atoms with Crippen molar-refractivity contribution in [3.63, 3.8) is 0 Å². The van der Waals surface area contributed by atoms with E-state index in [1.165, 1.54) is 24.3 Å². The summed E-state index contributed by atoms with van der Waals surface area (Å²) in [7, 11) is 0. The molecule has 1 aromatic heterocycles. The number of halogens is 2. The van der Waals surface area contributed by atoms with Gasteiger partial charge in [-0.3, -0.25) is 0 Å². The van der Waals surface area contributed by atoms with Crippen LogP contribution in [0.5, 0.6) is 5.75 Å². The number of fused-ring (bicyclic) bond motifs is 1. The average Bonchev–Trinajstić information content (AvgIpc) is 2.84. The zero-order valence-electron chi connectivity index (χ0n) is 12.5. The smallest absolute Gasteiger partial charge is 0.128 e. The second kappa shape index (κ2) is 5.79. The zero-order valence-corrected chi connectivity index (χ0v) is 12.5. The van der Waals surface area contributed by atoms with Crippen LogP contribution in [0.4, 0.5) is 8.78 Å². The summed E-state index contributed by atoms with van der Waals surface area (Å²) in [6.07, 6.45) is 0. The Morgan fingerprint density at radius 3 is 2.32 bits per heavy atom. The molecule has 4 heteroatoms. The minimum Gasteiger partial charge on any atom is -0.487 e. The van der Waals surface area contributed by atoms with Gasteiger partial charge < -0.3 is 9.30 Å². The maximum Gasteiger partial charge on any atom is 0.128 e. The minimum absolute atomic E-state index is 0.231. The van der Waals surface area contributed by atoms with Gasteiger partial charge in [-0.05, 0) is 62.4 Å². The molecule has 0 spiro atoms. The largest absolute Gasteiger partial charge is 0.487 e. The van der Waals surface area contributed by atoms with E-state index in [0.29, 0.717) is 12.4 Å². The quantitative estimate of drug-likeness (QED) is 0.655. The van der Waals surface area contributed by atoms with Crippen LogP contribution in [0.3, 0.4) is 0 Å². The monoisotopic (exact) mass is 301 g/mol. The third-order valence-corrected chi connectivity index (χ3v) is 3.60. The molecule has 0 fully saturated rings. The summed E-state index contributed by atoms with van der Waals surface area (Å²) in [6.45, 7) is 4.49. The Labute approximate surface area is 127 Å². The molecule has 22 heavy (non-hydrogen) atoms. The predicted octanol–water partition coefficient (Wildman–Crippen LogP) is 5.08. The topological polar surface area (TPSA) is 14.2 Å². The third kappa shape index (κ3) is 2.82. The Hall–Kier alpha value is -2.36. The van der Waals surface area contributed by atoms with Gasteiger partial charge in [-0.25, -0.2) is 8.78 Å². The van der Waals surface area contributed by atoms with Crippen LogP contribution >= 0.6 is 0 Å². The van der Waals surface area contributed by atoms with E-state index in [4.69, 9.17) is 4.74 Å². The Kier molecular flexibility index (Phi) is 3.84. The molecular formula is C18H17F2NO. The van der Waals surface area contributed by atoms with Crippen molar-refractivity contribution in [1.82, 2.24) is 4.57 Å². The Bertz CT molecular complexity index is 791. The summed E-state index contributed by atoms with van der Waals surface area (Å²) in [5.74, 6) is 0.0617. The van der Waals surface area contributed by atoms with Gasteiger partial charge in [0.2, 0.25) is 0 Å². The summed E-state index contributed by atoms with van der Waals surface area (Å²) in [5, 5.41) is 0.853. The molecule has 3 aromatic rings. The molecule has 0 saturated carbocycles. The molecule has 0 amide bonds. The first-order chi connectivity index (χ1) is 10.5. The minimum atomic E-state index is -0.292. The van der Waals surface area contributed by atoms with E-state index in [1.807, 2.05) is 6.07 Å². The molecule has 2 aromatic carbocycles. The normalized spacial score (nSPS) is 11.3. The van der Waals surface area contributed by atoms with Crippen molar-refractivity contribution in [3.05, 3.63) is 65.9 Å².